The normalized spacial score (nSPS) is 11.3. The largest absolute Gasteiger partial charge is 0.372 e. The highest BCUT2D eigenvalue weighted by molar-refractivity contribution is 5.92. The maximum Gasteiger partial charge on any atom is 0.193 e. The van der Waals surface area contributed by atoms with Gasteiger partial charge in [-0.25, -0.2) is 4.99 Å². The van der Waals surface area contributed by atoms with Crippen LogP contribution >= 0.6 is 0 Å². The van der Waals surface area contributed by atoms with Crippen LogP contribution in [-0.2, 0) is 24.5 Å². The second-order valence-corrected chi connectivity index (χ2v) is 5.99. The Morgan fingerprint density at radius 3 is 1.92 bits per heavy atom. The third-order valence-electron chi connectivity index (χ3n) is 3.88. The molecule has 4 heteroatoms. The Bertz CT molecular complexity index is 815. The number of anilines is 1. The van der Waals surface area contributed by atoms with Crippen LogP contribution < -0.4 is 11.1 Å². The maximum absolute atomic E-state index is 5.92. The highest BCUT2D eigenvalue weighted by atomic mass is 16.5. The molecule has 0 aliphatic heterocycles. The molecule has 0 aliphatic rings. The zero-order chi connectivity index (χ0) is 18.0. The van der Waals surface area contributed by atoms with Gasteiger partial charge in [0.05, 0.1) is 19.8 Å². The summed E-state index contributed by atoms with van der Waals surface area (Å²) < 4.78 is 5.75. The van der Waals surface area contributed by atoms with E-state index in [1.807, 2.05) is 48.5 Å². The van der Waals surface area contributed by atoms with Gasteiger partial charge in [-0.3, -0.25) is 0 Å². The van der Waals surface area contributed by atoms with Gasteiger partial charge in [-0.05, 0) is 28.8 Å². The first-order valence-electron chi connectivity index (χ1n) is 8.61. The van der Waals surface area contributed by atoms with Crippen molar-refractivity contribution in [2.75, 3.05) is 5.32 Å². The first kappa shape index (κ1) is 17.7. The SMILES string of the molecule is NC(=NCc1ccc(COCc2ccccc2)cc1)Nc1ccccc1. The molecule has 0 aromatic heterocycles. The van der Waals surface area contributed by atoms with Crippen LogP contribution in [0.1, 0.15) is 16.7 Å². The molecule has 0 radical (unpaired) electrons. The number of nitrogens with zero attached hydrogens (tertiary/aromatic N) is 1. The smallest absolute Gasteiger partial charge is 0.193 e. The third-order valence-corrected chi connectivity index (χ3v) is 3.88. The monoisotopic (exact) mass is 345 g/mol. The summed E-state index contributed by atoms with van der Waals surface area (Å²) in [5.74, 6) is 0.409. The molecule has 26 heavy (non-hydrogen) atoms. The summed E-state index contributed by atoms with van der Waals surface area (Å²) in [4.78, 5) is 4.37. The Morgan fingerprint density at radius 1 is 0.731 bits per heavy atom. The van der Waals surface area contributed by atoms with Crippen LogP contribution in [0, 0.1) is 0 Å². The van der Waals surface area contributed by atoms with Crippen molar-refractivity contribution in [1.82, 2.24) is 0 Å². The lowest BCUT2D eigenvalue weighted by atomic mass is 10.1. The number of hydrogen-bond donors (Lipinski definition) is 2. The van der Waals surface area contributed by atoms with Crippen LogP contribution in [0.25, 0.3) is 0 Å². The highest BCUT2D eigenvalue weighted by Gasteiger charge is 1.98. The molecule has 0 atom stereocenters. The van der Waals surface area contributed by atoms with Crippen LogP contribution in [0.15, 0.2) is 89.9 Å². The first-order chi connectivity index (χ1) is 12.8. The van der Waals surface area contributed by atoms with E-state index in [-0.39, 0.29) is 0 Å². The summed E-state index contributed by atoms with van der Waals surface area (Å²) in [5.41, 5.74) is 10.3. The standard InChI is InChI=1S/C22H23N3O/c23-22(25-21-9-5-2-6-10-21)24-15-18-11-13-20(14-12-18)17-26-16-19-7-3-1-4-8-19/h1-14H,15-17H2,(H3,23,24,25). The van der Waals surface area contributed by atoms with Gasteiger partial charge in [-0.2, -0.15) is 0 Å². The van der Waals surface area contributed by atoms with Crippen molar-refractivity contribution in [2.45, 2.75) is 19.8 Å². The van der Waals surface area contributed by atoms with Crippen LogP contribution in [0.4, 0.5) is 5.69 Å². The summed E-state index contributed by atoms with van der Waals surface area (Å²) >= 11 is 0. The number of hydrogen-bond acceptors (Lipinski definition) is 2. The molecular weight excluding hydrogens is 322 g/mol. The predicted molar refractivity (Wildman–Crippen MR) is 107 cm³/mol. The number of para-hydroxylation sites is 1. The summed E-state index contributed by atoms with van der Waals surface area (Å²) in [6, 6.07) is 28.2. The lowest BCUT2D eigenvalue weighted by Gasteiger charge is -2.07. The van der Waals surface area contributed by atoms with E-state index >= 15 is 0 Å². The van der Waals surface area contributed by atoms with E-state index in [1.165, 1.54) is 5.56 Å². The van der Waals surface area contributed by atoms with Gasteiger partial charge in [0.15, 0.2) is 5.96 Å². The average molecular weight is 345 g/mol. The lowest BCUT2D eigenvalue weighted by molar-refractivity contribution is 0.107. The lowest BCUT2D eigenvalue weighted by Crippen LogP contribution is -2.22. The number of aliphatic imine (C=N–C) groups is 1. The number of guanidine groups is 1. The van der Waals surface area contributed by atoms with Gasteiger partial charge in [0.25, 0.3) is 0 Å². The Morgan fingerprint density at radius 2 is 1.27 bits per heavy atom. The van der Waals surface area contributed by atoms with Gasteiger partial charge in [0.2, 0.25) is 0 Å². The van der Waals surface area contributed by atoms with Crippen molar-refractivity contribution in [1.29, 1.82) is 0 Å². The van der Waals surface area contributed by atoms with Crippen LogP contribution in [0.2, 0.25) is 0 Å². The second-order valence-electron chi connectivity index (χ2n) is 5.99. The predicted octanol–water partition coefficient (Wildman–Crippen LogP) is 4.33. The zero-order valence-electron chi connectivity index (χ0n) is 14.6. The highest BCUT2D eigenvalue weighted by Crippen LogP contribution is 2.09. The van der Waals surface area contributed by atoms with Gasteiger partial charge >= 0.3 is 0 Å². The molecule has 3 N–H and O–H groups in total. The van der Waals surface area contributed by atoms with E-state index in [9.17, 15) is 0 Å². The number of nitrogens with one attached hydrogen (secondary N) is 1. The summed E-state index contributed by atoms with van der Waals surface area (Å²) in [7, 11) is 0. The minimum Gasteiger partial charge on any atom is -0.372 e. The van der Waals surface area contributed by atoms with E-state index in [0.717, 1.165) is 16.8 Å². The van der Waals surface area contributed by atoms with Crippen LogP contribution in [0.3, 0.4) is 0 Å². The fourth-order valence-corrected chi connectivity index (χ4v) is 2.49. The number of nitrogens with two attached hydrogens (primary N) is 1. The molecule has 0 heterocycles. The minimum atomic E-state index is 0.409. The summed E-state index contributed by atoms with van der Waals surface area (Å²) in [6.07, 6.45) is 0. The van der Waals surface area contributed by atoms with E-state index < -0.39 is 0 Å². The van der Waals surface area contributed by atoms with E-state index in [4.69, 9.17) is 10.5 Å². The molecule has 0 saturated heterocycles. The van der Waals surface area contributed by atoms with Gasteiger partial charge in [-0.15, -0.1) is 0 Å². The summed E-state index contributed by atoms with van der Waals surface area (Å²) in [5, 5.41) is 3.07. The van der Waals surface area contributed by atoms with Crippen molar-refractivity contribution < 1.29 is 4.74 Å². The second kappa shape index (κ2) is 9.39. The number of rotatable bonds is 7. The molecular formula is C22H23N3O. The fraction of sp³-hybridized carbons (Fsp3) is 0.136. The van der Waals surface area contributed by atoms with Crippen molar-refractivity contribution in [3.05, 3.63) is 102 Å². The fourth-order valence-electron chi connectivity index (χ4n) is 2.49. The Labute approximate surface area is 154 Å². The summed E-state index contributed by atoms with van der Waals surface area (Å²) in [6.45, 7) is 1.75. The molecule has 4 nitrogen and oxygen atoms in total. The number of ether oxygens (including phenoxy) is 1. The van der Waals surface area contributed by atoms with Gasteiger partial charge < -0.3 is 15.8 Å². The molecule has 0 spiro atoms. The van der Waals surface area contributed by atoms with E-state index in [0.29, 0.717) is 25.7 Å². The van der Waals surface area contributed by atoms with E-state index in [2.05, 4.69) is 46.7 Å². The van der Waals surface area contributed by atoms with Crippen molar-refractivity contribution in [3.63, 3.8) is 0 Å². The topological polar surface area (TPSA) is 59.6 Å². The molecule has 0 amide bonds. The Hall–Kier alpha value is -3.11. The molecule has 132 valence electrons. The molecule has 0 unspecified atom stereocenters. The van der Waals surface area contributed by atoms with Crippen LogP contribution in [0.5, 0.6) is 0 Å². The number of benzene rings is 3. The maximum atomic E-state index is 5.92. The molecule has 3 aromatic carbocycles. The molecule has 0 bridgehead atoms. The quantitative estimate of drug-likeness (QED) is 0.495. The van der Waals surface area contributed by atoms with Crippen molar-refractivity contribution in [3.8, 4) is 0 Å². The van der Waals surface area contributed by atoms with Gasteiger partial charge in [-0.1, -0.05) is 72.8 Å². The zero-order valence-corrected chi connectivity index (χ0v) is 14.6. The van der Waals surface area contributed by atoms with Crippen molar-refractivity contribution in [2.24, 2.45) is 10.7 Å². The molecule has 0 fully saturated rings. The van der Waals surface area contributed by atoms with Gasteiger partial charge in [0, 0.05) is 5.69 Å². The van der Waals surface area contributed by atoms with Gasteiger partial charge in [0.1, 0.15) is 0 Å². The Balaban J connectivity index is 1.46. The van der Waals surface area contributed by atoms with E-state index in [1.54, 1.807) is 0 Å². The van der Waals surface area contributed by atoms with Crippen molar-refractivity contribution >= 4 is 11.6 Å². The average Bonchev–Trinajstić information content (AvgIpc) is 2.69. The molecule has 3 rings (SSSR count). The molecule has 0 aliphatic carbocycles. The first-order valence-corrected chi connectivity index (χ1v) is 8.61. The van der Waals surface area contributed by atoms with Crippen LogP contribution in [-0.4, -0.2) is 5.96 Å². The molecule has 0 saturated carbocycles. The third kappa shape index (κ3) is 5.76. The molecule has 3 aromatic rings. The minimum absolute atomic E-state index is 0.409. The Kier molecular flexibility index (Phi) is 6.40.